The van der Waals surface area contributed by atoms with Gasteiger partial charge in [0.25, 0.3) is 0 Å². The monoisotopic (exact) mass is 336 g/mol. The van der Waals surface area contributed by atoms with Crippen LogP contribution in [0.3, 0.4) is 0 Å². The predicted molar refractivity (Wildman–Crippen MR) is 83.4 cm³/mol. The molecular formula is C16H21FN4O3. The highest BCUT2D eigenvalue weighted by atomic mass is 19.1. The topological polar surface area (TPSA) is 88.8 Å². The molecule has 0 bridgehead atoms. The molecule has 24 heavy (non-hydrogen) atoms. The fourth-order valence-electron chi connectivity index (χ4n) is 3.34. The summed E-state index contributed by atoms with van der Waals surface area (Å²) in [6.45, 7) is 2.85. The van der Waals surface area contributed by atoms with Crippen LogP contribution >= 0.6 is 0 Å². The molecule has 0 spiro atoms. The van der Waals surface area contributed by atoms with Crippen LogP contribution in [0.5, 0.6) is 0 Å². The molecule has 3 rings (SSSR count). The lowest BCUT2D eigenvalue weighted by Gasteiger charge is -2.43. The highest BCUT2D eigenvalue weighted by molar-refractivity contribution is 5.85. The van der Waals surface area contributed by atoms with Gasteiger partial charge in [-0.15, -0.1) is 0 Å². The number of nitrogens with two attached hydrogens (primary N) is 1. The molecule has 1 unspecified atom stereocenters. The van der Waals surface area contributed by atoms with Crippen molar-refractivity contribution in [3.63, 3.8) is 0 Å². The molecule has 2 aliphatic rings. The smallest absolute Gasteiger partial charge is 0.240 e. The average molecular weight is 336 g/mol. The Morgan fingerprint density at radius 1 is 1.33 bits per heavy atom. The standard InChI is InChI=1S/C16H21FN4O3/c17-12-2-1-4-19-13(12)10-14(22)20-5-7-21(8-6-20)16(15(18)23)3-9-24-11-16/h1-2,4H,3,5-11H2,(H2,18,23). The molecule has 2 saturated heterocycles. The highest BCUT2D eigenvalue weighted by Crippen LogP contribution is 2.27. The van der Waals surface area contributed by atoms with Crippen molar-refractivity contribution in [2.75, 3.05) is 39.4 Å². The van der Waals surface area contributed by atoms with Gasteiger partial charge < -0.3 is 15.4 Å². The lowest BCUT2D eigenvalue weighted by Crippen LogP contribution is -2.63. The number of aromatic nitrogens is 1. The van der Waals surface area contributed by atoms with Gasteiger partial charge in [-0.3, -0.25) is 19.5 Å². The number of ether oxygens (including phenoxy) is 1. The van der Waals surface area contributed by atoms with Crippen molar-refractivity contribution >= 4 is 11.8 Å². The lowest BCUT2D eigenvalue weighted by atomic mass is 9.94. The van der Waals surface area contributed by atoms with Gasteiger partial charge in [0.15, 0.2) is 0 Å². The zero-order valence-electron chi connectivity index (χ0n) is 13.4. The minimum absolute atomic E-state index is 0.0588. The van der Waals surface area contributed by atoms with E-state index in [0.717, 1.165) is 0 Å². The SMILES string of the molecule is NC(=O)C1(N2CCN(C(=O)Cc3ncccc3F)CC2)CCOC1. The van der Waals surface area contributed by atoms with Crippen LogP contribution in [0.15, 0.2) is 18.3 Å². The zero-order valence-corrected chi connectivity index (χ0v) is 13.4. The number of pyridine rings is 1. The van der Waals surface area contributed by atoms with E-state index < -0.39 is 11.4 Å². The highest BCUT2D eigenvalue weighted by Gasteiger charge is 2.47. The summed E-state index contributed by atoms with van der Waals surface area (Å²) in [5.74, 6) is -1.02. The number of halogens is 1. The molecule has 0 aliphatic carbocycles. The molecule has 2 fully saturated rings. The summed E-state index contributed by atoms with van der Waals surface area (Å²) in [5, 5.41) is 0. The number of hydrogen-bond donors (Lipinski definition) is 1. The van der Waals surface area contributed by atoms with Crippen molar-refractivity contribution in [3.8, 4) is 0 Å². The number of amides is 2. The van der Waals surface area contributed by atoms with Crippen LogP contribution in [0.2, 0.25) is 0 Å². The second-order valence-electron chi connectivity index (χ2n) is 6.17. The first kappa shape index (κ1) is 16.8. The number of rotatable bonds is 4. The van der Waals surface area contributed by atoms with E-state index in [1.807, 2.05) is 4.90 Å². The van der Waals surface area contributed by atoms with Crippen LogP contribution in [0.4, 0.5) is 4.39 Å². The molecule has 1 aromatic heterocycles. The molecule has 2 aliphatic heterocycles. The Kier molecular flexibility index (Phi) is 4.77. The summed E-state index contributed by atoms with van der Waals surface area (Å²) in [5.41, 5.74) is 4.98. The van der Waals surface area contributed by atoms with Crippen molar-refractivity contribution < 1.29 is 18.7 Å². The maximum atomic E-state index is 13.6. The molecule has 8 heteroatoms. The Bertz CT molecular complexity index is 626. The summed E-state index contributed by atoms with van der Waals surface area (Å²) in [6, 6.07) is 2.79. The minimum atomic E-state index is -0.762. The summed E-state index contributed by atoms with van der Waals surface area (Å²) in [4.78, 5) is 31.8. The fourth-order valence-corrected chi connectivity index (χ4v) is 3.34. The Hall–Kier alpha value is -2.06. The number of carbonyl (C=O) groups excluding carboxylic acids is 2. The van der Waals surface area contributed by atoms with E-state index >= 15 is 0 Å². The van der Waals surface area contributed by atoms with Crippen LogP contribution in [0.1, 0.15) is 12.1 Å². The van der Waals surface area contributed by atoms with Crippen molar-refractivity contribution in [1.29, 1.82) is 0 Å². The molecule has 2 amide bonds. The van der Waals surface area contributed by atoms with Crippen LogP contribution in [-0.2, 0) is 20.7 Å². The van der Waals surface area contributed by atoms with Crippen LogP contribution in [-0.4, -0.2) is 71.5 Å². The van der Waals surface area contributed by atoms with Gasteiger partial charge in [0.05, 0.1) is 18.7 Å². The molecular weight excluding hydrogens is 315 g/mol. The first-order valence-electron chi connectivity index (χ1n) is 8.03. The first-order chi connectivity index (χ1) is 11.5. The second-order valence-corrected chi connectivity index (χ2v) is 6.17. The summed E-state index contributed by atoms with van der Waals surface area (Å²) in [7, 11) is 0. The molecule has 3 heterocycles. The van der Waals surface area contributed by atoms with E-state index in [2.05, 4.69) is 4.98 Å². The maximum Gasteiger partial charge on any atom is 0.240 e. The third-order valence-corrected chi connectivity index (χ3v) is 4.85. The Morgan fingerprint density at radius 3 is 2.67 bits per heavy atom. The van der Waals surface area contributed by atoms with Crippen molar-refractivity contribution in [1.82, 2.24) is 14.8 Å². The Morgan fingerprint density at radius 2 is 2.08 bits per heavy atom. The van der Waals surface area contributed by atoms with E-state index in [9.17, 15) is 14.0 Å². The molecule has 0 saturated carbocycles. The summed E-state index contributed by atoms with van der Waals surface area (Å²) < 4.78 is 19.0. The average Bonchev–Trinajstić information content (AvgIpc) is 3.08. The van der Waals surface area contributed by atoms with Gasteiger partial charge in [-0.2, -0.15) is 0 Å². The Balaban J connectivity index is 1.60. The van der Waals surface area contributed by atoms with E-state index in [4.69, 9.17) is 10.5 Å². The molecule has 130 valence electrons. The van der Waals surface area contributed by atoms with Crippen LogP contribution < -0.4 is 5.73 Å². The first-order valence-corrected chi connectivity index (χ1v) is 8.03. The molecule has 2 N–H and O–H groups in total. The molecule has 7 nitrogen and oxygen atoms in total. The number of primary amides is 1. The van der Waals surface area contributed by atoms with Crippen molar-refractivity contribution in [3.05, 3.63) is 29.8 Å². The molecule has 1 aromatic rings. The van der Waals surface area contributed by atoms with Crippen LogP contribution in [0, 0.1) is 5.82 Å². The van der Waals surface area contributed by atoms with E-state index in [-0.39, 0.29) is 23.9 Å². The normalized spacial score (nSPS) is 25.0. The van der Waals surface area contributed by atoms with Crippen LogP contribution in [0.25, 0.3) is 0 Å². The third-order valence-electron chi connectivity index (χ3n) is 4.85. The number of carbonyl (C=O) groups is 2. The fraction of sp³-hybridized carbons (Fsp3) is 0.562. The Labute approximate surface area is 139 Å². The third kappa shape index (κ3) is 3.11. The largest absolute Gasteiger partial charge is 0.379 e. The lowest BCUT2D eigenvalue weighted by molar-refractivity contribution is -0.137. The maximum absolute atomic E-state index is 13.6. The minimum Gasteiger partial charge on any atom is -0.379 e. The molecule has 0 aromatic carbocycles. The van der Waals surface area contributed by atoms with Gasteiger partial charge in [0.1, 0.15) is 11.4 Å². The summed E-state index contributed by atoms with van der Waals surface area (Å²) >= 11 is 0. The number of nitrogens with zero attached hydrogens (tertiary/aromatic N) is 3. The van der Waals surface area contributed by atoms with Crippen molar-refractivity contribution in [2.24, 2.45) is 5.73 Å². The van der Waals surface area contributed by atoms with E-state index in [1.54, 1.807) is 4.90 Å². The number of hydrogen-bond acceptors (Lipinski definition) is 5. The van der Waals surface area contributed by atoms with Gasteiger partial charge in [-0.1, -0.05) is 0 Å². The van der Waals surface area contributed by atoms with E-state index in [0.29, 0.717) is 45.8 Å². The quantitative estimate of drug-likeness (QED) is 0.805. The van der Waals surface area contributed by atoms with Gasteiger partial charge in [0, 0.05) is 45.4 Å². The number of piperazine rings is 1. The van der Waals surface area contributed by atoms with E-state index in [1.165, 1.54) is 18.3 Å². The molecule has 0 radical (unpaired) electrons. The van der Waals surface area contributed by atoms with Gasteiger partial charge >= 0.3 is 0 Å². The van der Waals surface area contributed by atoms with Crippen molar-refractivity contribution in [2.45, 2.75) is 18.4 Å². The zero-order chi connectivity index (χ0) is 17.2. The second kappa shape index (κ2) is 6.82. The molecule has 1 atom stereocenters. The van der Waals surface area contributed by atoms with Gasteiger partial charge in [0.2, 0.25) is 11.8 Å². The predicted octanol–water partition coefficient (Wildman–Crippen LogP) is -0.448. The summed E-state index contributed by atoms with van der Waals surface area (Å²) in [6.07, 6.45) is 1.99. The van der Waals surface area contributed by atoms with Gasteiger partial charge in [-0.05, 0) is 12.1 Å². The van der Waals surface area contributed by atoms with Gasteiger partial charge in [-0.25, -0.2) is 4.39 Å².